The summed E-state index contributed by atoms with van der Waals surface area (Å²) in [6.07, 6.45) is 1.18. The number of ether oxygens (including phenoxy) is 1. The van der Waals surface area contributed by atoms with Gasteiger partial charge in [0.05, 0.1) is 4.99 Å². The maximum Gasteiger partial charge on any atom is 0.387 e. The summed E-state index contributed by atoms with van der Waals surface area (Å²) in [7, 11) is 0. The van der Waals surface area contributed by atoms with E-state index in [2.05, 4.69) is 10.1 Å². The Kier molecular flexibility index (Phi) is 6.14. The van der Waals surface area contributed by atoms with Gasteiger partial charge in [-0.25, -0.2) is 0 Å². The van der Waals surface area contributed by atoms with E-state index in [1.807, 2.05) is 0 Å². The third-order valence-electron chi connectivity index (χ3n) is 2.21. The minimum Gasteiger partial charge on any atom is -0.435 e. The first-order chi connectivity index (χ1) is 8.99. The summed E-state index contributed by atoms with van der Waals surface area (Å²) in [5.74, 6) is -0.409. The van der Waals surface area contributed by atoms with E-state index in [0.29, 0.717) is 24.4 Å². The van der Waals surface area contributed by atoms with Gasteiger partial charge in [-0.1, -0.05) is 18.3 Å². The van der Waals surface area contributed by atoms with Gasteiger partial charge in [-0.05, 0) is 31.0 Å². The predicted molar refractivity (Wildman–Crippen MR) is 71.4 cm³/mol. The summed E-state index contributed by atoms with van der Waals surface area (Å²) >= 11 is 4.70. The molecule has 3 N–H and O–H groups in total. The van der Waals surface area contributed by atoms with Gasteiger partial charge < -0.3 is 15.8 Å². The van der Waals surface area contributed by atoms with E-state index in [4.69, 9.17) is 18.0 Å². The Balaban J connectivity index is 2.49. The van der Waals surface area contributed by atoms with E-state index < -0.39 is 6.61 Å². The van der Waals surface area contributed by atoms with E-state index >= 15 is 0 Å². The molecule has 0 radical (unpaired) electrons. The van der Waals surface area contributed by atoms with E-state index in [9.17, 15) is 13.6 Å². The molecule has 0 aliphatic carbocycles. The molecule has 104 valence electrons. The third-order valence-corrected chi connectivity index (χ3v) is 2.41. The largest absolute Gasteiger partial charge is 0.435 e. The van der Waals surface area contributed by atoms with Gasteiger partial charge in [0.2, 0.25) is 0 Å². The molecule has 0 bridgehead atoms. The molecule has 0 atom stereocenters. The van der Waals surface area contributed by atoms with Gasteiger partial charge in [0, 0.05) is 12.1 Å². The molecule has 0 saturated carbocycles. The highest BCUT2D eigenvalue weighted by molar-refractivity contribution is 7.80. The van der Waals surface area contributed by atoms with Crippen molar-refractivity contribution in [1.29, 1.82) is 0 Å². The second-order valence-electron chi connectivity index (χ2n) is 3.73. The van der Waals surface area contributed by atoms with Crippen LogP contribution in [0.15, 0.2) is 24.3 Å². The summed E-state index contributed by atoms with van der Waals surface area (Å²) in [6, 6.07) is 5.60. The summed E-state index contributed by atoms with van der Waals surface area (Å²) in [6.45, 7) is -2.50. The van der Waals surface area contributed by atoms with Crippen LogP contribution < -0.4 is 15.8 Å². The zero-order valence-corrected chi connectivity index (χ0v) is 10.9. The molecule has 0 saturated heterocycles. The van der Waals surface area contributed by atoms with E-state index in [1.54, 1.807) is 0 Å². The van der Waals surface area contributed by atoms with Crippen LogP contribution in [-0.4, -0.2) is 24.1 Å². The average molecular weight is 288 g/mol. The number of carbonyl (C=O) groups is 1. The van der Waals surface area contributed by atoms with Gasteiger partial charge in [0.1, 0.15) is 5.75 Å². The lowest BCUT2D eigenvalue weighted by Crippen LogP contribution is -2.25. The van der Waals surface area contributed by atoms with Crippen LogP contribution in [0, 0.1) is 0 Å². The number of halogens is 2. The van der Waals surface area contributed by atoms with Gasteiger partial charge in [-0.3, -0.25) is 4.79 Å². The lowest BCUT2D eigenvalue weighted by molar-refractivity contribution is -0.0498. The highest BCUT2D eigenvalue weighted by Gasteiger charge is 2.09. The monoisotopic (exact) mass is 288 g/mol. The fourth-order valence-corrected chi connectivity index (χ4v) is 1.52. The molecule has 19 heavy (non-hydrogen) atoms. The van der Waals surface area contributed by atoms with Crippen molar-refractivity contribution in [2.24, 2.45) is 5.73 Å². The second kappa shape index (κ2) is 7.63. The smallest absolute Gasteiger partial charge is 0.387 e. The molecule has 0 unspecified atom stereocenters. The van der Waals surface area contributed by atoms with Crippen LogP contribution >= 0.6 is 12.2 Å². The van der Waals surface area contributed by atoms with Crippen molar-refractivity contribution in [3.63, 3.8) is 0 Å². The Hall–Kier alpha value is -1.76. The number of carbonyl (C=O) groups excluding carboxylic acids is 1. The molecule has 0 fully saturated rings. The van der Waals surface area contributed by atoms with Gasteiger partial charge in [0.15, 0.2) is 0 Å². The molecule has 1 amide bonds. The van der Waals surface area contributed by atoms with Gasteiger partial charge in [-0.15, -0.1) is 0 Å². The van der Waals surface area contributed by atoms with Gasteiger partial charge in [0.25, 0.3) is 5.91 Å². The molecule has 7 heteroatoms. The number of thiocarbonyl (C=S) groups is 1. The van der Waals surface area contributed by atoms with E-state index in [-0.39, 0.29) is 17.2 Å². The van der Waals surface area contributed by atoms with E-state index in [1.165, 1.54) is 24.3 Å². The fourth-order valence-electron chi connectivity index (χ4n) is 1.38. The molecule has 0 aliphatic rings. The molecule has 1 aromatic rings. The number of rotatable bonds is 7. The second-order valence-corrected chi connectivity index (χ2v) is 4.26. The van der Waals surface area contributed by atoms with Crippen LogP contribution in [0.3, 0.4) is 0 Å². The number of nitrogens with one attached hydrogen (secondary N) is 1. The zero-order valence-electron chi connectivity index (χ0n) is 10.1. The number of hydrogen-bond acceptors (Lipinski definition) is 3. The first-order valence-corrected chi connectivity index (χ1v) is 6.01. The highest BCUT2D eigenvalue weighted by Crippen LogP contribution is 2.15. The average Bonchev–Trinajstić information content (AvgIpc) is 2.33. The van der Waals surface area contributed by atoms with Gasteiger partial charge >= 0.3 is 6.61 Å². The molecule has 0 aliphatic heterocycles. The third kappa shape index (κ3) is 6.10. The zero-order chi connectivity index (χ0) is 14.3. The van der Waals surface area contributed by atoms with Crippen molar-refractivity contribution in [2.75, 3.05) is 6.54 Å². The lowest BCUT2D eigenvalue weighted by Gasteiger charge is -2.07. The van der Waals surface area contributed by atoms with Crippen molar-refractivity contribution < 1.29 is 18.3 Å². The number of benzene rings is 1. The highest BCUT2D eigenvalue weighted by atomic mass is 32.1. The normalized spacial score (nSPS) is 10.3. The lowest BCUT2D eigenvalue weighted by atomic mass is 10.2. The minimum absolute atomic E-state index is 0.0502. The summed E-state index contributed by atoms with van der Waals surface area (Å²) in [5, 5.41) is 2.64. The molecule has 1 rings (SSSR count). The molecule has 0 aromatic heterocycles. The van der Waals surface area contributed by atoms with Crippen LogP contribution in [-0.2, 0) is 0 Å². The first kappa shape index (κ1) is 15.3. The standard InChI is InChI=1S/C12H14F2N2O2S/c13-12(14)18-9-4-1-3-8(7-9)11(17)16-6-2-5-10(15)19/h1,3-4,7,12H,2,5-6H2,(H2,15,19)(H,16,17). The number of hydrogen-bond donors (Lipinski definition) is 2. The quantitative estimate of drug-likeness (QED) is 0.595. The van der Waals surface area contributed by atoms with Crippen molar-refractivity contribution in [3.05, 3.63) is 29.8 Å². The molecule has 4 nitrogen and oxygen atoms in total. The first-order valence-electron chi connectivity index (χ1n) is 5.60. The van der Waals surface area contributed by atoms with Crippen molar-refractivity contribution in [1.82, 2.24) is 5.32 Å². The Labute approximate surface area is 114 Å². The predicted octanol–water partition coefficient (Wildman–Crippen LogP) is 2.08. The Bertz CT molecular complexity index is 455. The van der Waals surface area contributed by atoms with Crippen molar-refractivity contribution >= 4 is 23.1 Å². The van der Waals surface area contributed by atoms with Crippen LogP contribution in [0.25, 0.3) is 0 Å². The topological polar surface area (TPSA) is 64.3 Å². The molecule has 1 aromatic carbocycles. The number of nitrogens with two attached hydrogens (primary N) is 1. The minimum atomic E-state index is -2.91. The SMILES string of the molecule is NC(=S)CCCNC(=O)c1cccc(OC(F)F)c1. The summed E-state index contributed by atoms with van der Waals surface area (Å²) in [4.78, 5) is 12.1. The molecule has 0 heterocycles. The van der Waals surface area contributed by atoms with Gasteiger partial charge in [-0.2, -0.15) is 8.78 Å². The Morgan fingerprint density at radius 1 is 1.47 bits per heavy atom. The number of amides is 1. The fraction of sp³-hybridized carbons (Fsp3) is 0.333. The number of alkyl halides is 2. The summed E-state index contributed by atoms with van der Waals surface area (Å²) in [5.41, 5.74) is 5.58. The summed E-state index contributed by atoms with van der Waals surface area (Å²) < 4.78 is 28.3. The molecular formula is C12H14F2N2O2S. The molecule has 0 spiro atoms. The Morgan fingerprint density at radius 2 is 2.21 bits per heavy atom. The van der Waals surface area contributed by atoms with Crippen LogP contribution in [0.4, 0.5) is 8.78 Å². The van der Waals surface area contributed by atoms with Crippen LogP contribution in [0.2, 0.25) is 0 Å². The van der Waals surface area contributed by atoms with Crippen LogP contribution in [0.1, 0.15) is 23.2 Å². The molecular weight excluding hydrogens is 274 g/mol. The Morgan fingerprint density at radius 3 is 2.84 bits per heavy atom. The van der Waals surface area contributed by atoms with Crippen LogP contribution in [0.5, 0.6) is 5.75 Å². The van der Waals surface area contributed by atoms with Crippen molar-refractivity contribution in [3.8, 4) is 5.75 Å². The maximum atomic E-state index is 12.0. The van der Waals surface area contributed by atoms with Crippen molar-refractivity contribution in [2.45, 2.75) is 19.5 Å². The van der Waals surface area contributed by atoms with E-state index in [0.717, 1.165) is 0 Å². The maximum absolute atomic E-state index is 12.0.